The molecule has 1 amide bonds. The Morgan fingerprint density at radius 2 is 1.68 bits per heavy atom. The number of benzene rings is 2. The van der Waals surface area contributed by atoms with E-state index in [0.717, 1.165) is 18.2 Å². The van der Waals surface area contributed by atoms with Gasteiger partial charge in [0.15, 0.2) is 11.6 Å². The minimum atomic E-state index is -1.37. The van der Waals surface area contributed by atoms with Crippen LogP contribution in [-0.2, 0) is 0 Å². The smallest absolute Gasteiger partial charge is 0.258 e. The Labute approximate surface area is 111 Å². The predicted octanol–water partition coefficient (Wildman–Crippen LogP) is 4.01. The summed E-state index contributed by atoms with van der Waals surface area (Å²) in [6.07, 6.45) is 0. The molecule has 0 bridgehead atoms. The summed E-state index contributed by atoms with van der Waals surface area (Å²) in [7, 11) is 0. The molecule has 0 fully saturated rings. The van der Waals surface area contributed by atoms with Crippen molar-refractivity contribution in [1.29, 1.82) is 0 Å². The standard InChI is InChI=1S/C13H7ClF3NO/c14-8-6-5-7(11(16)12(8)17)13(19)18-10-4-2-1-3-9(10)15/h1-6H,(H,18,19). The molecule has 1 N–H and O–H groups in total. The van der Waals surface area contributed by atoms with Gasteiger partial charge in [0.1, 0.15) is 5.82 Å². The fourth-order valence-electron chi connectivity index (χ4n) is 1.45. The molecule has 0 aromatic heterocycles. The lowest BCUT2D eigenvalue weighted by molar-refractivity contribution is 0.102. The molecular formula is C13H7ClF3NO. The summed E-state index contributed by atoms with van der Waals surface area (Å²) < 4.78 is 40.0. The molecule has 0 saturated carbocycles. The maximum absolute atomic E-state index is 13.5. The molecule has 19 heavy (non-hydrogen) atoms. The Balaban J connectivity index is 2.31. The van der Waals surface area contributed by atoms with Crippen LogP contribution in [-0.4, -0.2) is 5.91 Å². The van der Waals surface area contributed by atoms with Crippen molar-refractivity contribution in [3.8, 4) is 0 Å². The molecule has 0 unspecified atom stereocenters. The van der Waals surface area contributed by atoms with Crippen LogP contribution in [0.2, 0.25) is 5.02 Å². The zero-order valence-corrected chi connectivity index (χ0v) is 10.1. The molecule has 0 heterocycles. The van der Waals surface area contributed by atoms with E-state index < -0.39 is 33.9 Å². The zero-order chi connectivity index (χ0) is 14.0. The van der Waals surface area contributed by atoms with Gasteiger partial charge in [-0.25, -0.2) is 13.2 Å². The number of amides is 1. The molecule has 0 aliphatic heterocycles. The van der Waals surface area contributed by atoms with Crippen molar-refractivity contribution in [2.45, 2.75) is 0 Å². The summed E-state index contributed by atoms with van der Waals surface area (Å²) >= 11 is 5.37. The molecule has 0 atom stereocenters. The van der Waals surface area contributed by atoms with Crippen LogP contribution in [0.5, 0.6) is 0 Å². The lowest BCUT2D eigenvalue weighted by Crippen LogP contribution is -2.15. The van der Waals surface area contributed by atoms with E-state index in [1.807, 2.05) is 0 Å². The highest BCUT2D eigenvalue weighted by Crippen LogP contribution is 2.22. The SMILES string of the molecule is O=C(Nc1ccccc1F)c1ccc(Cl)c(F)c1F. The molecule has 0 aliphatic carbocycles. The Bertz CT molecular complexity index is 646. The van der Waals surface area contributed by atoms with E-state index in [1.54, 1.807) is 0 Å². The van der Waals surface area contributed by atoms with Crippen molar-refractivity contribution in [3.63, 3.8) is 0 Å². The van der Waals surface area contributed by atoms with Crippen LogP contribution in [0.25, 0.3) is 0 Å². The van der Waals surface area contributed by atoms with Gasteiger partial charge in [0.05, 0.1) is 16.3 Å². The lowest BCUT2D eigenvalue weighted by Gasteiger charge is -2.07. The Kier molecular flexibility index (Phi) is 3.76. The number of hydrogen-bond acceptors (Lipinski definition) is 1. The van der Waals surface area contributed by atoms with E-state index in [1.165, 1.54) is 18.2 Å². The average Bonchev–Trinajstić information content (AvgIpc) is 2.39. The van der Waals surface area contributed by atoms with E-state index >= 15 is 0 Å². The van der Waals surface area contributed by atoms with Gasteiger partial charge >= 0.3 is 0 Å². The third-order valence-electron chi connectivity index (χ3n) is 2.40. The molecule has 2 aromatic rings. The van der Waals surface area contributed by atoms with E-state index in [2.05, 4.69) is 5.32 Å². The van der Waals surface area contributed by atoms with Crippen LogP contribution < -0.4 is 5.32 Å². The first-order chi connectivity index (χ1) is 9.00. The number of para-hydroxylation sites is 1. The fraction of sp³-hybridized carbons (Fsp3) is 0. The van der Waals surface area contributed by atoms with Crippen LogP contribution in [0.15, 0.2) is 36.4 Å². The van der Waals surface area contributed by atoms with Crippen molar-refractivity contribution in [3.05, 3.63) is 64.4 Å². The molecule has 0 spiro atoms. The van der Waals surface area contributed by atoms with Gasteiger partial charge in [0, 0.05) is 0 Å². The van der Waals surface area contributed by atoms with Gasteiger partial charge < -0.3 is 5.32 Å². The van der Waals surface area contributed by atoms with Crippen molar-refractivity contribution >= 4 is 23.2 Å². The average molecular weight is 286 g/mol. The van der Waals surface area contributed by atoms with Gasteiger partial charge in [-0.05, 0) is 24.3 Å². The topological polar surface area (TPSA) is 29.1 Å². The normalized spacial score (nSPS) is 10.3. The van der Waals surface area contributed by atoms with Gasteiger partial charge in [-0.15, -0.1) is 0 Å². The number of halogens is 4. The number of carbonyl (C=O) groups is 1. The number of carbonyl (C=O) groups excluding carboxylic acids is 1. The number of rotatable bonds is 2. The first kappa shape index (κ1) is 13.4. The number of nitrogens with one attached hydrogen (secondary N) is 1. The second-order valence-corrected chi connectivity index (χ2v) is 4.06. The molecule has 6 heteroatoms. The lowest BCUT2D eigenvalue weighted by atomic mass is 10.2. The second-order valence-electron chi connectivity index (χ2n) is 3.66. The largest absolute Gasteiger partial charge is 0.319 e. The summed E-state index contributed by atoms with van der Waals surface area (Å²) in [6.45, 7) is 0. The van der Waals surface area contributed by atoms with E-state index in [4.69, 9.17) is 11.6 Å². The second kappa shape index (κ2) is 5.32. The maximum Gasteiger partial charge on any atom is 0.258 e. The Morgan fingerprint density at radius 3 is 2.37 bits per heavy atom. The Hall–Kier alpha value is -2.01. The first-order valence-electron chi connectivity index (χ1n) is 5.20. The van der Waals surface area contributed by atoms with Crippen molar-refractivity contribution in [2.24, 2.45) is 0 Å². The Morgan fingerprint density at radius 1 is 1.00 bits per heavy atom. The minimum Gasteiger partial charge on any atom is -0.319 e. The van der Waals surface area contributed by atoms with Crippen molar-refractivity contribution < 1.29 is 18.0 Å². The molecule has 2 nitrogen and oxygen atoms in total. The van der Waals surface area contributed by atoms with Crippen LogP contribution in [0.4, 0.5) is 18.9 Å². The monoisotopic (exact) mass is 285 g/mol. The minimum absolute atomic E-state index is 0.123. The van der Waals surface area contributed by atoms with Gasteiger partial charge in [0.25, 0.3) is 5.91 Å². The molecule has 0 saturated heterocycles. The molecule has 2 aromatic carbocycles. The zero-order valence-electron chi connectivity index (χ0n) is 9.38. The van der Waals surface area contributed by atoms with E-state index in [0.29, 0.717) is 0 Å². The first-order valence-corrected chi connectivity index (χ1v) is 5.58. The van der Waals surface area contributed by atoms with Gasteiger partial charge in [-0.1, -0.05) is 23.7 Å². The summed E-state index contributed by atoms with van der Waals surface area (Å²) in [5, 5.41) is 1.72. The quantitative estimate of drug-likeness (QED) is 0.830. The number of hydrogen-bond donors (Lipinski definition) is 1. The summed E-state index contributed by atoms with van der Waals surface area (Å²) in [6, 6.07) is 7.45. The molecule has 0 radical (unpaired) electrons. The third-order valence-corrected chi connectivity index (χ3v) is 2.69. The van der Waals surface area contributed by atoms with Crippen LogP contribution in [0.3, 0.4) is 0 Å². The molecule has 98 valence electrons. The van der Waals surface area contributed by atoms with Crippen LogP contribution in [0, 0.1) is 17.5 Å². The number of anilines is 1. The molecular weight excluding hydrogens is 279 g/mol. The highest BCUT2D eigenvalue weighted by atomic mass is 35.5. The van der Waals surface area contributed by atoms with Crippen LogP contribution >= 0.6 is 11.6 Å². The van der Waals surface area contributed by atoms with Crippen LogP contribution in [0.1, 0.15) is 10.4 Å². The predicted molar refractivity (Wildman–Crippen MR) is 65.7 cm³/mol. The third kappa shape index (κ3) is 2.71. The van der Waals surface area contributed by atoms with Crippen molar-refractivity contribution in [2.75, 3.05) is 5.32 Å². The summed E-state index contributed by atoms with van der Waals surface area (Å²) in [5.74, 6) is -4.33. The molecule has 0 aliphatic rings. The van der Waals surface area contributed by atoms with E-state index in [9.17, 15) is 18.0 Å². The van der Waals surface area contributed by atoms with Crippen molar-refractivity contribution in [1.82, 2.24) is 0 Å². The highest BCUT2D eigenvalue weighted by Gasteiger charge is 2.18. The maximum atomic E-state index is 13.5. The summed E-state index contributed by atoms with van der Waals surface area (Å²) in [4.78, 5) is 11.7. The fourth-order valence-corrected chi connectivity index (χ4v) is 1.60. The van der Waals surface area contributed by atoms with Gasteiger partial charge in [-0.2, -0.15) is 0 Å². The summed E-state index contributed by atoms with van der Waals surface area (Å²) in [5.41, 5.74) is -0.674. The van der Waals surface area contributed by atoms with Gasteiger partial charge in [0.2, 0.25) is 0 Å². The van der Waals surface area contributed by atoms with Gasteiger partial charge in [-0.3, -0.25) is 4.79 Å². The molecule has 2 rings (SSSR count). The van der Waals surface area contributed by atoms with E-state index in [-0.39, 0.29) is 5.69 Å². The highest BCUT2D eigenvalue weighted by molar-refractivity contribution is 6.30.